The van der Waals surface area contributed by atoms with Gasteiger partial charge < -0.3 is 9.80 Å². The van der Waals surface area contributed by atoms with Crippen LogP contribution in [-0.4, -0.2) is 61.4 Å². The van der Waals surface area contributed by atoms with Gasteiger partial charge in [-0.1, -0.05) is 6.08 Å². The van der Waals surface area contributed by atoms with Crippen LogP contribution in [-0.2, 0) is 11.8 Å². The summed E-state index contributed by atoms with van der Waals surface area (Å²) < 4.78 is 3.51. The minimum Gasteiger partial charge on any atom is -0.353 e. The SMILES string of the molecule is Cn1cc(-c2cc(-c3ccc(N4CCN(C(=O)C5=CCCC5)CC4)nc3)c3c(C#N)cnn3c2)cn1. The number of carbonyl (C=O) groups is 1. The topological polar surface area (TPSA) is 95.3 Å². The number of nitriles is 1. The quantitative estimate of drug-likeness (QED) is 0.446. The number of hydrogen-bond acceptors (Lipinski definition) is 6. The fourth-order valence-corrected chi connectivity index (χ4v) is 5.09. The van der Waals surface area contributed by atoms with Crippen molar-refractivity contribution in [3.8, 4) is 28.3 Å². The van der Waals surface area contributed by atoms with Gasteiger partial charge >= 0.3 is 0 Å². The second-order valence-corrected chi connectivity index (χ2v) is 9.31. The van der Waals surface area contributed by atoms with Crippen LogP contribution in [0.15, 0.2) is 60.8 Å². The van der Waals surface area contributed by atoms with Crippen molar-refractivity contribution in [3.05, 3.63) is 66.4 Å². The average molecular weight is 479 g/mol. The van der Waals surface area contributed by atoms with Gasteiger partial charge in [-0.15, -0.1) is 0 Å². The maximum atomic E-state index is 12.7. The lowest BCUT2D eigenvalue weighted by atomic mass is 10.0. The molecule has 0 atom stereocenters. The van der Waals surface area contributed by atoms with E-state index in [0.29, 0.717) is 18.7 Å². The highest BCUT2D eigenvalue weighted by atomic mass is 16.2. The van der Waals surface area contributed by atoms with Crippen LogP contribution in [0.5, 0.6) is 0 Å². The van der Waals surface area contributed by atoms with Gasteiger partial charge in [0.05, 0.1) is 23.5 Å². The molecule has 2 aliphatic rings. The van der Waals surface area contributed by atoms with Crippen LogP contribution >= 0.6 is 0 Å². The summed E-state index contributed by atoms with van der Waals surface area (Å²) in [5.41, 5.74) is 5.99. The van der Waals surface area contributed by atoms with Crippen molar-refractivity contribution in [2.75, 3.05) is 31.1 Å². The summed E-state index contributed by atoms with van der Waals surface area (Å²) >= 11 is 0. The van der Waals surface area contributed by atoms with E-state index >= 15 is 0 Å². The third-order valence-corrected chi connectivity index (χ3v) is 7.04. The van der Waals surface area contributed by atoms with Gasteiger partial charge in [0.2, 0.25) is 5.91 Å². The summed E-state index contributed by atoms with van der Waals surface area (Å²) in [5, 5.41) is 18.4. The van der Waals surface area contributed by atoms with Gasteiger partial charge in [0.25, 0.3) is 0 Å². The lowest BCUT2D eigenvalue weighted by Gasteiger charge is -2.35. The molecule has 180 valence electrons. The Morgan fingerprint density at radius 3 is 2.53 bits per heavy atom. The van der Waals surface area contributed by atoms with E-state index in [-0.39, 0.29) is 5.91 Å². The molecule has 36 heavy (non-hydrogen) atoms. The smallest absolute Gasteiger partial charge is 0.249 e. The summed E-state index contributed by atoms with van der Waals surface area (Å²) in [6.45, 7) is 2.92. The molecule has 0 N–H and O–H groups in total. The Morgan fingerprint density at radius 2 is 1.86 bits per heavy atom. The molecule has 0 saturated carbocycles. The molecular formula is C27H26N8O. The molecular weight excluding hydrogens is 452 g/mol. The largest absolute Gasteiger partial charge is 0.353 e. The van der Waals surface area contributed by atoms with Crippen LogP contribution in [0.4, 0.5) is 5.82 Å². The standard InChI is InChI=1S/C27H26N8O/c1-32-17-23(16-30-32)21-12-24(26-22(13-28)15-31-35(26)18-21)20-6-7-25(29-14-20)33-8-10-34(11-9-33)27(36)19-4-2-3-5-19/h4,6-7,12,14-18H,2-3,5,8-11H2,1H3. The van der Waals surface area contributed by atoms with Crippen LogP contribution in [0, 0.1) is 11.3 Å². The van der Waals surface area contributed by atoms with Crippen molar-refractivity contribution in [2.45, 2.75) is 19.3 Å². The van der Waals surface area contributed by atoms with E-state index in [0.717, 1.165) is 71.5 Å². The van der Waals surface area contributed by atoms with Gasteiger partial charge in [-0.05, 0) is 37.5 Å². The molecule has 0 aromatic carbocycles. The van der Waals surface area contributed by atoms with Crippen molar-refractivity contribution in [1.82, 2.24) is 29.3 Å². The summed E-state index contributed by atoms with van der Waals surface area (Å²) in [5.74, 6) is 1.08. The normalized spacial score (nSPS) is 15.8. The Kier molecular flexibility index (Phi) is 5.49. The van der Waals surface area contributed by atoms with E-state index in [1.165, 1.54) is 0 Å². The predicted molar refractivity (Wildman–Crippen MR) is 136 cm³/mol. The molecule has 9 nitrogen and oxygen atoms in total. The van der Waals surface area contributed by atoms with Crippen molar-refractivity contribution in [3.63, 3.8) is 0 Å². The van der Waals surface area contributed by atoms with Gasteiger partial charge in [-0.3, -0.25) is 9.48 Å². The third kappa shape index (κ3) is 3.90. The van der Waals surface area contributed by atoms with E-state index in [1.54, 1.807) is 15.4 Å². The minimum atomic E-state index is 0.196. The number of pyridine rings is 2. The van der Waals surface area contributed by atoms with Gasteiger partial charge in [0.1, 0.15) is 11.9 Å². The number of aryl methyl sites for hydroxylation is 1. The number of piperazine rings is 1. The number of aromatic nitrogens is 5. The molecule has 6 rings (SSSR count). The van der Waals surface area contributed by atoms with Crippen molar-refractivity contribution in [2.24, 2.45) is 7.05 Å². The number of hydrogen-bond donors (Lipinski definition) is 0. The molecule has 1 aliphatic carbocycles. The molecule has 0 radical (unpaired) electrons. The molecule has 1 aliphatic heterocycles. The van der Waals surface area contributed by atoms with Gasteiger partial charge in [-0.2, -0.15) is 15.5 Å². The highest BCUT2D eigenvalue weighted by Crippen LogP contribution is 2.32. The highest BCUT2D eigenvalue weighted by Gasteiger charge is 2.25. The molecule has 1 fully saturated rings. The number of carbonyl (C=O) groups excluding carboxylic acids is 1. The fraction of sp³-hybridized carbons (Fsp3) is 0.296. The monoisotopic (exact) mass is 478 g/mol. The number of allylic oxidation sites excluding steroid dienone is 1. The van der Waals surface area contributed by atoms with E-state index in [9.17, 15) is 10.1 Å². The number of fused-ring (bicyclic) bond motifs is 1. The van der Waals surface area contributed by atoms with Crippen molar-refractivity contribution < 1.29 is 4.79 Å². The molecule has 4 aromatic heterocycles. The first-order valence-corrected chi connectivity index (χ1v) is 12.2. The summed E-state index contributed by atoms with van der Waals surface area (Å²) in [7, 11) is 1.88. The minimum absolute atomic E-state index is 0.196. The van der Waals surface area contributed by atoms with E-state index in [4.69, 9.17) is 4.98 Å². The fourth-order valence-electron chi connectivity index (χ4n) is 5.09. The maximum absolute atomic E-state index is 12.7. The zero-order valence-electron chi connectivity index (χ0n) is 20.1. The Morgan fingerprint density at radius 1 is 1.00 bits per heavy atom. The van der Waals surface area contributed by atoms with Crippen LogP contribution in [0.25, 0.3) is 27.8 Å². The lowest BCUT2D eigenvalue weighted by molar-refractivity contribution is -0.127. The molecule has 0 unspecified atom stereocenters. The molecule has 1 saturated heterocycles. The highest BCUT2D eigenvalue weighted by molar-refractivity contribution is 5.94. The van der Waals surface area contributed by atoms with Gasteiger partial charge in [0.15, 0.2) is 0 Å². The molecule has 0 spiro atoms. The predicted octanol–water partition coefficient (Wildman–Crippen LogP) is 3.43. The second kappa shape index (κ2) is 8.96. The van der Waals surface area contributed by atoms with E-state index in [2.05, 4.69) is 33.3 Å². The summed E-state index contributed by atoms with van der Waals surface area (Å²) in [6.07, 6.45) is 14.2. The molecule has 0 bridgehead atoms. The van der Waals surface area contributed by atoms with Gasteiger partial charge in [0, 0.05) is 79.6 Å². The number of amides is 1. The molecule has 1 amide bonds. The lowest BCUT2D eigenvalue weighted by Crippen LogP contribution is -2.49. The second-order valence-electron chi connectivity index (χ2n) is 9.31. The first-order chi connectivity index (χ1) is 17.6. The zero-order chi connectivity index (χ0) is 24.6. The third-order valence-electron chi connectivity index (χ3n) is 7.04. The average Bonchev–Trinajstić information content (AvgIpc) is 3.69. The maximum Gasteiger partial charge on any atom is 0.249 e. The van der Waals surface area contributed by atoms with Crippen LogP contribution in [0.2, 0.25) is 0 Å². The first kappa shape index (κ1) is 22.0. The molecule has 9 heteroatoms. The molecule has 5 heterocycles. The van der Waals surface area contributed by atoms with Gasteiger partial charge in [-0.25, -0.2) is 9.50 Å². The number of anilines is 1. The Hall–Kier alpha value is -4.45. The van der Waals surface area contributed by atoms with Crippen molar-refractivity contribution >= 4 is 17.2 Å². The zero-order valence-corrected chi connectivity index (χ0v) is 20.1. The summed E-state index contributed by atoms with van der Waals surface area (Å²) in [4.78, 5) is 21.6. The summed E-state index contributed by atoms with van der Waals surface area (Å²) in [6, 6.07) is 8.38. The first-order valence-electron chi connectivity index (χ1n) is 12.2. The number of nitrogens with zero attached hydrogens (tertiary/aromatic N) is 8. The molecule has 4 aromatic rings. The van der Waals surface area contributed by atoms with E-state index < -0.39 is 0 Å². The Labute approximate surface area is 208 Å². The Bertz CT molecular complexity index is 1510. The van der Waals surface area contributed by atoms with Crippen LogP contribution in [0.1, 0.15) is 24.8 Å². The van der Waals surface area contributed by atoms with E-state index in [1.807, 2.05) is 48.9 Å². The Balaban J connectivity index is 1.26. The number of rotatable bonds is 4. The van der Waals surface area contributed by atoms with Crippen molar-refractivity contribution in [1.29, 1.82) is 5.26 Å². The van der Waals surface area contributed by atoms with Crippen LogP contribution in [0.3, 0.4) is 0 Å². The van der Waals surface area contributed by atoms with Crippen LogP contribution < -0.4 is 4.90 Å².